The predicted molar refractivity (Wildman–Crippen MR) is 99.1 cm³/mol. The van der Waals surface area contributed by atoms with Crippen molar-refractivity contribution in [3.8, 4) is 5.75 Å². The van der Waals surface area contributed by atoms with Gasteiger partial charge in [-0.05, 0) is 38.1 Å². The van der Waals surface area contributed by atoms with E-state index in [-0.39, 0.29) is 5.91 Å². The standard InChI is InChI=1S/C16H24N6O2S/c1-4-21(5-2)15(23)11-25-16-20-19-14(22(16)17)10-18-12-6-8-13(24-3)9-7-12/h6-9,18H,4-5,10-11,17H2,1-3H3. The number of nitrogens with zero attached hydrogens (tertiary/aromatic N) is 4. The van der Waals surface area contributed by atoms with Crippen molar-refractivity contribution in [1.29, 1.82) is 0 Å². The summed E-state index contributed by atoms with van der Waals surface area (Å²) in [5.74, 6) is 7.77. The molecule has 136 valence electrons. The number of carbonyl (C=O) groups excluding carboxylic acids is 1. The van der Waals surface area contributed by atoms with Crippen LogP contribution in [0.5, 0.6) is 5.75 Å². The molecule has 0 aliphatic rings. The highest BCUT2D eigenvalue weighted by molar-refractivity contribution is 7.99. The Morgan fingerprint density at radius 2 is 1.96 bits per heavy atom. The summed E-state index contributed by atoms with van der Waals surface area (Å²) in [6.07, 6.45) is 0. The number of rotatable bonds is 9. The lowest BCUT2D eigenvalue weighted by Crippen LogP contribution is -2.32. The Hall–Kier alpha value is -2.42. The summed E-state index contributed by atoms with van der Waals surface area (Å²) >= 11 is 1.29. The number of thioether (sulfide) groups is 1. The Morgan fingerprint density at radius 3 is 2.56 bits per heavy atom. The highest BCUT2D eigenvalue weighted by Crippen LogP contribution is 2.18. The number of aromatic nitrogens is 3. The minimum Gasteiger partial charge on any atom is -0.497 e. The Morgan fingerprint density at radius 1 is 1.28 bits per heavy atom. The first-order valence-electron chi connectivity index (χ1n) is 8.06. The van der Waals surface area contributed by atoms with Gasteiger partial charge in [-0.2, -0.15) is 0 Å². The number of hydrogen-bond acceptors (Lipinski definition) is 7. The van der Waals surface area contributed by atoms with Crippen molar-refractivity contribution in [2.45, 2.75) is 25.5 Å². The number of methoxy groups -OCH3 is 1. The SMILES string of the molecule is CCN(CC)C(=O)CSc1nnc(CNc2ccc(OC)cc2)n1N. The number of nitrogens with one attached hydrogen (secondary N) is 1. The van der Waals surface area contributed by atoms with Gasteiger partial charge in [-0.1, -0.05) is 11.8 Å². The van der Waals surface area contributed by atoms with Crippen LogP contribution in [0.15, 0.2) is 29.4 Å². The molecular formula is C16H24N6O2S. The van der Waals surface area contributed by atoms with E-state index < -0.39 is 0 Å². The van der Waals surface area contributed by atoms with E-state index >= 15 is 0 Å². The number of nitrogen functional groups attached to an aromatic ring is 1. The van der Waals surface area contributed by atoms with Gasteiger partial charge >= 0.3 is 0 Å². The summed E-state index contributed by atoms with van der Waals surface area (Å²) < 4.78 is 6.54. The molecule has 0 aliphatic carbocycles. The molecule has 0 aliphatic heterocycles. The summed E-state index contributed by atoms with van der Waals surface area (Å²) in [4.78, 5) is 13.8. The molecule has 1 amide bonds. The Kier molecular flexibility index (Phi) is 6.93. The second kappa shape index (κ2) is 9.16. The number of amides is 1. The number of benzene rings is 1. The fourth-order valence-corrected chi connectivity index (χ4v) is 2.99. The molecule has 2 aromatic rings. The largest absolute Gasteiger partial charge is 0.497 e. The normalized spacial score (nSPS) is 10.5. The van der Waals surface area contributed by atoms with Crippen LogP contribution in [0.3, 0.4) is 0 Å². The van der Waals surface area contributed by atoms with Crippen LogP contribution in [0.25, 0.3) is 0 Å². The molecule has 1 aromatic heterocycles. The maximum Gasteiger partial charge on any atom is 0.233 e. The molecule has 9 heteroatoms. The van der Waals surface area contributed by atoms with Crippen LogP contribution in [0.1, 0.15) is 19.7 Å². The van der Waals surface area contributed by atoms with Gasteiger partial charge in [0.1, 0.15) is 5.75 Å². The molecule has 25 heavy (non-hydrogen) atoms. The third-order valence-corrected chi connectivity index (χ3v) is 4.64. The Bertz CT molecular complexity index is 684. The van der Waals surface area contributed by atoms with Crippen molar-refractivity contribution in [2.24, 2.45) is 0 Å². The highest BCUT2D eigenvalue weighted by atomic mass is 32.2. The fourth-order valence-electron chi connectivity index (χ4n) is 2.21. The molecule has 0 unspecified atom stereocenters. The van der Waals surface area contributed by atoms with Crippen LogP contribution < -0.4 is 15.9 Å². The molecule has 0 bridgehead atoms. The van der Waals surface area contributed by atoms with E-state index in [0.29, 0.717) is 36.4 Å². The fraction of sp³-hybridized carbons (Fsp3) is 0.438. The van der Waals surface area contributed by atoms with Gasteiger partial charge in [-0.25, -0.2) is 4.68 Å². The molecule has 8 nitrogen and oxygen atoms in total. The van der Waals surface area contributed by atoms with Crippen molar-refractivity contribution in [3.63, 3.8) is 0 Å². The van der Waals surface area contributed by atoms with Crippen molar-refractivity contribution < 1.29 is 9.53 Å². The third kappa shape index (κ3) is 5.02. The van der Waals surface area contributed by atoms with Crippen molar-refractivity contribution in [3.05, 3.63) is 30.1 Å². The van der Waals surface area contributed by atoms with Gasteiger partial charge in [-0.15, -0.1) is 10.2 Å². The molecule has 0 spiro atoms. The van der Waals surface area contributed by atoms with E-state index in [1.807, 2.05) is 38.1 Å². The van der Waals surface area contributed by atoms with Crippen LogP contribution >= 0.6 is 11.8 Å². The summed E-state index contributed by atoms with van der Waals surface area (Å²) in [7, 11) is 1.63. The predicted octanol–water partition coefficient (Wildman–Crippen LogP) is 1.57. The summed E-state index contributed by atoms with van der Waals surface area (Å²) in [5, 5.41) is 11.9. The number of anilines is 1. The van der Waals surface area contributed by atoms with Crippen LogP contribution in [0.2, 0.25) is 0 Å². The molecule has 0 fully saturated rings. The molecule has 0 saturated heterocycles. The van der Waals surface area contributed by atoms with Gasteiger partial charge < -0.3 is 20.8 Å². The van der Waals surface area contributed by atoms with Gasteiger partial charge in [0.05, 0.1) is 19.4 Å². The van der Waals surface area contributed by atoms with E-state index in [1.165, 1.54) is 16.4 Å². The van der Waals surface area contributed by atoms with Gasteiger partial charge in [0.2, 0.25) is 11.1 Å². The monoisotopic (exact) mass is 364 g/mol. The molecule has 0 atom stereocenters. The number of nitrogens with two attached hydrogens (primary N) is 1. The molecule has 0 saturated carbocycles. The lowest BCUT2D eigenvalue weighted by Gasteiger charge is -2.17. The molecule has 2 rings (SSSR count). The second-order valence-corrected chi connectivity index (χ2v) is 6.15. The van der Waals surface area contributed by atoms with Gasteiger partial charge in [0.25, 0.3) is 0 Å². The zero-order valence-corrected chi connectivity index (χ0v) is 15.5. The maximum atomic E-state index is 12.0. The van der Waals surface area contributed by atoms with E-state index in [2.05, 4.69) is 15.5 Å². The molecular weight excluding hydrogens is 340 g/mol. The third-order valence-electron chi connectivity index (χ3n) is 3.72. The first-order valence-corrected chi connectivity index (χ1v) is 9.05. The van der Waals surface area contributed by atoms with Gasteiger partial charge in [0, 0.05) is 18.8 Å². The Balaban J connectivity index is 1.90. The second-order valence-electron chi connectivity index (χ2n) is 5.21. The van der Waals surface area contributed by atoms with Gasteiger partial charge in [-0.3, -0.25) is 4.79 Å². The van der Waals surface area contributed by atoms with Crippen molar-refractivity contribution in [2.75, 3.05) is 37.1 Å². The van der Waals surface area contributed by atoms with Crippen LogP contribution in [0.4, 0.5) is 5.69 Å². The smallest absolute Gasteiger partial charge is 0.233 e. The zero-order chi connectivity index (χ0) is 18.2. The van der Waals surface area contributed by atoms with Crippen LogP contribution in [-0.4, -0.2) is 51.6 Å². The van der Waals surface area contributed by atoms with Gasteiger partial charge in [0.15, 0.2) is 5.82 Å². The minimum atomic E-state index is 0.0657. The lowest BCUT2D eigenvalue weighted by atomic mass is 10.3. The topological polar surface area (TPSA) is 98.3 Å². The molecule has 3 N–H and O–H groups in total. The quantitative estimate of drug-likeness (QED) is 0.515. The summed E-state index contributed by atoms with van der Waals surface area (Å²) in [6, 6.07) is 7.56. The number of ether oxygens (including phenoxy) is 1. The molecule has 1 aromatic carbocycles. The number of hydrogen-bond donors (Lipinski definition) is 2. The lowest BCUT2D eigenvalue weighted by molar-refractivity contribution is -0.127. The highest BCUT2D eigenvalue weighted by Gasteiger charge is 2.14. The van der Waals surface area contributed by atoms with E-state index in [4.69, 9.17) is 10.6 Å². The average Bonchev–Trinajstić information content (AvgIpc) is 2.99. The zero-order valence-electron chi connectivity index (χ0n) is 14.7. The molecule has 0 radical (unpaired) electrons. The Labute approximate surface area is 151 Å². The first-order chi connectivity index (χ1) is 12.1. The molecule has 1 heterocycles. The summed E-state index contributed by atoms with van der Waals surface area (Å²) in [5.41, 5.74) is 0.926. The van der Waals surface area contributed by atoms with E-state index in [1.54, 1.807) is 12.0 Å². The first kappa shape index (κ1) is 18.9. The van der Waals surface area contributed by atoms with E-state index in [9.17, 15) is 4.79 Å². The van der Waals surface area contributed by atoms with E-state index in [0.717, 1.165) is 11.4 Å². The van der Waals surface area contributed by atoms with Crippen molar-refractivity contribution in [1.82, 2.24) is 19.8 Å². The minimum absolute atomic E-state index is 0.0657. The summed E-state index contributed by atoms with van der Waals surface area (Å²) in [6.45, 7) is 5.74. The maximum absolute atomic E-state index is 12.0. The van der Waals surface area contributed by atoms with Crippen LogP contribution in [-0.2, 0) is 11.3 Å². The average molecular weight is 364 g/mol. The van der Waals surface area contributed by atoms with Crippen LogP contribution in [0, 0.1) is 0 Å². The number of carbonyl (C=O) groups is 1. The van der Waals surface area contributed by atoms with Crippen molar-refractivity contribution >= 4 is 23.4 Å².